The second-order valence-electron chi connectivity index (χ2n) is 3.76. The molecule has 1 atom stereocenters. The molecule has 0 radical (unpaired) electrons. The SMILES string of the molecule is CC(CO)CCCNC(=O)c1csc(N)n1. The van der Waals surface area contributed by atoms with Crippen molar-refractivity contribution in [3.8, 4) is 0 Å². The minimum atomic E-state index is -0.190. The molecular formula is C10H17N3O2S. The smallest absolute Gasteiger partial charge is 0.270 e. The molecule has 0 saturated carbocycles. The fourth-order valence-corrected chi connectivity index (χ4v) is 1.77. The van der Waals surface area contributed by atoms with Gasteiger partial charge >= 0.3 is 0 Å². The maximum absolute atomic E-state index is 11.5. The molecule has 1 heterocycles. The Hall–Kier alpha value is -1.14. The van der Waals surface area contributed by atoms with Gasteiger partial charge in [-0.05, 0) is 18.8 Å². The van der Waals surface area contributed by atoms with Gasteiger partial charge in [-0.2, -0.15) is 0 Å². The van der Waals surface area contributed by atoms with E-state index in [-0.39, 0.29) is 18.4 Å². The second kappa shape index (κ2) is 6.44. The molecule has 5 nitrogen and oxygen atoms in total. The molecule has 0 aliphatic carbocycles. The Balaban J connectivity index is 2.21. The van der Waals surface area contributed by atoms with E-state index in [1.165, 1.54) is 11.3 Å². The maximum atomic E-state index is 11.5. The van der Waals surface area contributed by atoms with Crippen LogP contribution < -0.4 is 11.1 Å². The highest BCUT2D eigenvalue weighted by Crippen LogP contribution is 2.10. The summed E-state index contributed by atoms with van der Waals surface area (Å²) in [5, 5.41) is 13.6. The molecule has 0 saturated heterocycles. The first-order valence-electron chi connectivity index (χ1n) is 5.23. The Labute approximate surface area is 98.7 Å². The normalized spacial score (nSPS) is 12.4. The number of anilines is 1. The first-order chi connectivity index (χ1) is 7.63. The van der Waals surface area contributed by atoms with Gasteiger partial charge in [0.05, 0.1) is 0 Å². The summed E-state index contributed by atoms with van der Waals surface area (Å²) >= 11 is 1.25. The van der Waals surface area contributed by atoms with E-state index in [9.17, 15) is 4.79 Å². The number of aliphatic hydroxyl groups is 1. The number of carbonyl (C=O) groups excluding carboxylic acids is 1. The van der Waals surface area contributed by atoms with Crippen molar-refractivity contribution >= 4 is 22.4 Å². The van der Waals surface area contributed by atoms with Crippen molar-refractivity contribution in [3.63, 3.8) is 0 Å². The summed E-state index contributed by atoms with van der Waals surface area (Å²) in [6.07, 6.45) is 1.75. The quantitative estimate of drug-likeness (QED) is 0.647. The zero-order chi connectivity index (χ0) is 12.0. The second-order valence-corrected chi connectivity index (χ2v) is 4.65. The monoisotopic (exact) mass is 243 g/mol. The van der Waals surface area contributed by atoms with Gasteiger partial charge in [0.25, 0.3) is 5.91 Å². The lowest BCUT2D eigenvalue weighted by Crippen LogP contribution is -2.25. The molecule has 0 aliphatic rings. The van der Waals surface area contributed by atoms with Gasteiger partial charge in [-0.25, -0.2) is 4.98 Å². The minimum absolute atomic E-state index is 0.190. The van der Waals surface area contributed by atoms with Crippen molar-refractivity contribution in [2.45, 2.75) is 19.8 Å². The molecule has 1 amide bonds. The van der Waals surface area contributed by atoms with Gasteiger partial charge in [-0.15, -0.1) is 11.3 Å². The number of aromatic nitrogens is 1. The zero-order valence-corrected chi connectivity index (χ0v) is 10.1. The highest BCUT2D eigenvalue weighted by Gasteiger charge is 2.08. The van der Waals surface area contributed by atoms with E-state index < -0.39 is 0 Å². The number of rotatable bonds is 6. The van der Waals surface area contributed by atoms with Gasteiger partial charge in [0.1, 0.15) is 5.69 Å². The van der Waals surface area contributed by atoms with Gasteiger partial charge in [0.2, 0.25) is 0 Å². The number of nitrogens with zero attached hydrogens (tertiary/aromatic N) is 1. The van der Waals surface area contributed by atoms with Crippen molar-refractivity contribution in [1.29, 1.82) is 0 Å². The van der Waals surface area contributed by atoms with Gasteiger partial charge in [0, 0.05) is 18.5 Å². The molecule has 1 aromatic rings. The molecule has 1 rings (SSSR count). The summed E-state index contributed by atoms with van der Waals surface area (Å²) in [5.74, 6) is 0.0939. The van der Waals surface area contributed by atoms with E-state index in [1.807, 2.05) is 6.92 Å². The maximum Gasteiger partial charge on any atom is 0.270 e. The summed E-state index contributed by atoms with van der Waals surface area (Å²) in [5.41, 5.74) is 5.80. The van der Waals surface area contributed by atoms with Gasteiger partial charge in [-0.1, -0.05) is 6.92 Å². The van der Waals surface area contributed by atoms with Crippen LogP contribution in [0, 0.1) is 5.92 Å². The van der Waals surface area contributed by atoms with Crippen molar-refractivity contribution in [2.24, 2.45) is 5.92 Å². The van der Waals surface area contributed by atoms with Crippen molar-refractivity contribution < 1.29 is 9.90 Å². The predicted molar refractivity (Wildman–Crippen MR) is 64.3 cm³/mol. The van der Waals surface area contributed by atoms with E-state index in [4.69, 9.17) is 10.8 Å². The third kappa shape index (κ3) is 4.16. The van der Waals surface area contributed by atoms with E-state index in [1.54, 1.807) is 5.38 Å². The molecule has 6 heteroatoms. The lowest BCUT2D eigenvalue weighted by Gasteiger charge is -2.07. The highest BCUT2D eigenvalue weighted by atomic mass is 32.1. The molecule has 0 aliphatic heterocycles. The highest BCUT2D eigenvalue weighted by molar-refractivity contribution is 7.13. The third-order valence-corrected chi connectivity index (χ3v) is 2.90. The van der Waals surface area contributed by atoms with Crippen molar-refractivity contribution in [3.05, 3.63) is 11.1 Å². The topological polar surface area (TPSA) is 88.2 Å². The van der Waals surface area contributed by atoms with E-state index in [2.05, 4.69) is 10.3 Å². The fourth-order valence-electron chi connectivity index (χ4n) is 1.23. The average molecular weight is 243 g/mol. The third-order valence-electron chi connectivity index (χ3n) is 2.23. The van der Waals surface area contributed by atoms with Crippen LogP contribution in [-0.2, 0) is 0 Å². The first-order valence-corrected chi connectivity index (χ1v) is 6.11. The lowest BCUT2D eigenvalue weighted by molar-refractivity contribution is 0.0948. The number of hydrogen-bond donors (Lipinski definition) is 3. The standard InChI is InChI=1S/C10H17N3O2S/c1-7(5-14)3-2-4-12-9(15)8-6-16-10(11)13-8/h6-7,14H,2-5H2,1H3,(H2,11,13)(H,12,15). The number of nitrogens with one attached hydrogen (secondary N) is 1. The van der Waals surface area contributed by atoms with Gasteiger partial charge in [0.15, 0.2) is 5.13 Å². The lowest BCUT2D eigenvalue weighted by atomic mass is 10.1. The Morgan fingerprint density at radius 1 is 1.75 bits per heavy atom. The van der Waals surface area contributed by atoms with E-state index in [0.717, 1.165) is 12.8 Å². The summed E-state index contributed by atoms with van der Waals surface area (Å²) in [6, 6.07) is 0. The van der Waals surface area contributed by atoms with Crippen LogP contribution in [0.4, 0.5) is 5.13 Å². The number of amides is 1. The number of thiazole rings is 1. The van der Waals surface area contributed by atoms with Crippen LogP contribution in [0.1, 0.15) is 30.3 Å². The Kier molecular flexibility index (Phi) is 5.21. The molecule has 4 N–H and O–H groups in total. The Morgan fingerprint density at radius 3 is 3.06 bits per heavy atom. The predicted octanol–water partition coefficient (Wildman–Crippen LogP) is 0.864. The summed E-state index contributed by atoms with van der Waals surface area (Å²) in [7, 11) is 0. The largest absolute Gasteiger partial charge is 0.396 e. The average Bonchev–Trinajstić information content (AvgIpc) is 2.70. The molecule has 0 fully saturated rings. The van der Waals surface area contributed by atoms with E-state index >= 15 is 0 Å². The molecule has 1 unspecified atom stereocenters. The zero-order valence-electron chi connectivity index (χ0n) is 9.27. The molecule has 90 valence electrons. The number of carbonyl (C=O) groups is 1. The minimum Gasteiger partial charge on any atom is -0.396 e. The Bertz CT molecular complexity index is 341. The Morgan fingerprint density at radius 2 is 2.50 bits per heavy atom. The van der Waals surface area contributed by atoms with Crippen LogP contribution >= 0.6 is 11.3 Å². The van der Waals surface area contributed by atoms with Gasteiger partial charge in [-0.3, -0.25) is 4.79 Å². The number of nitrogen functional groups attached to an aromatic ring is 1. The summed E-state index contributed by atoms with van der Waals surface area (Å²) in [4.78, 5) is 15.4. The molecule has 0 spiro atoms. The van der Waals surface area contributed by atoms with Crippen LogP contribution in [-0.4, -0.2) is 29.1 Å². The van der Waals surface area contributed by atoms with Crippen molar-refractivity contribution in [2.75, 3.05) is 18.9 Å². The van der Waals surface area contributed by atoms with Crippen LogP contribution in [0.15, 0.2) is 5.38 Å². The molecule has 0 bridgehead atoms. The molecule has 0 aromatic carbocycles. The van der Waals surface area contributed by atoms with Crippen molar-refractivity contribution in [1.82, 2.24) is 10.3 Å². The fraction of sp³-hybridized carbons (Fsp3) is 0.600. The number of aliphatic hydroxyl groups excluding tert-OH is 1. The van der Waals surface area contributed by atoms with E-state index in [0.29, 0.717) is 17.4 Å². The summed E-state index contributed by atoms with van der Waals surface area (Å²) in [6.45, 7) is 2.76. The molecule has 1 aromatic heterocycles. The van der Waals surface area contributed by atoms with Crippen LogP contribution in [0.2, 0.25) is 0 Å². The number of nitrogens with two attached hydrogens (primary N) is 1. The molecular weight excluding hydrogens is 226 g/mol. The molecule has 16 heavy (non-hydrogen) atoms. The number of hydrogen-bond acceptors (Lipinski definition) is 5. The van der Waals surface area contributed by atoms with Crippen LogP contribution in [0.25, 0.3) is 0 Å². The summed E-state index contributed by atoms with van der Waals surface area (Å²) < 4.78 is 0. The van der Waals surface area contributed by atoms with Gasteiger partial charge < -0.3 is 16.2 Å². The van der Waals surface area contributed by atoms with Crippen LogP contribution in [0.5, 0.6) is 0 Å². The van der Waals surface area contributed by atoms with Crippen LogP contribution in [0.3, 0.4) is 0 Å². The first kappa shape index (κ1) is 12.9.